The van der Waals surface area contributed by atoms with Crippen molar-refractivity contribution < 1.29 is 0 Å². The Morgan fingerprint density at radius 1 is 0.765 bits per heavy atom. The van der Waals surface area contributed by atoms with Crippen molar-refractivity contribution in [2.24, 2.45) is 10.8 Å². The summed E-state index contributed by atoms with van der Waals surface area (Å²) in [5.41, 5.74) is 1.14. The molecule has 0 aromatic rings. The van der Waals surface area contributed by atoms with Crippen LogP contribution >= 0.6 is 0 Å². The zero-order chi connectivity index (χ0) is 13.7. The molecule has 104 valence electrons. The monoisotopic (exact) mass is 241 g/mol. The first-order chi connectivity index (χ1) is 7.47. The van der Waals surface area contributed by atoms with Crippen LogP contribution < -0.4 is 5.32 Å². The molecule has 0 radical (unpaired) electrons. The minimum Gasteiger partial charge on any atom is -0.312 e. The minimum atomic E-state index is 0.233. The Kier molecular flexibility index (Phi) is 6.21. The average molecular weight is 241 g/mol. The van der Waals surface area contributed by atoms with E-state index >= 15 is 0 Å². The molecular formula is C16H35N. The van der Waals surface area contributed by atoms with Crippen LogP contribution in [0.1, 0.15) is 81.1 Å². The molecule has 0 aliphatic rings. The van der Waals surface area contributed by atoms with Crippen molar-refractivity contribution in [2.45, 2.75) is 86.6 Å². The van der Waals surface area contributed by atoms with Crippen LogP contribution in [0.4, 0.5) is 0 Å². The smallest absolute Gasteiger partial charge is 0.00967 e. The third kappa shape index (κ3) is 9.64. The second-order valence-electron chi connectivity index (χ2n) is 8.22. The lowest BCUT2D eigenvalue weighted by atomic mass is 9.76. The maximum atomic E-state index is 3.68. The number of rotatable bonds is 6. The van der Waals surface area contributed by atoms with Gasteiger partial charge in [-0.2, -0.15) is 0 Å². The molecule has 0 aliphatic heterocycles. The molecule has 0 saturated carbocycles. The summed E-state index contributed by atoms with van der Waals surface area (Å²) in [4.78, 5) is 0. The Bertz CT molecular complexity index is 187. The minimum absolute atomic E-state index is 0.233. The maximum absolute atomic E-state index is 3.68. The molecule has 1 unspecified atom stereocenters. The van der Waals surface area contributed by atoms with Gasteiger partial charge < -0.3 is 5.32 Å². The van der Waals surface area contributed by atoms with Crippen LogP contribution in [-0.2, 0) is 0 Å². The maximum Gasteiger partial charge on any atom is 0.00967 e. The van der Waals surface area contributed by atoms with Crippen LogP contribution in [0.15, 0.2) is 0 Å². The summed E-state index contributed by atoms with van der Waals surface area (Å²) >= 11 is 0. The van der Waals surface area contributed by atoms with E-state index in [0.29, 0.717) is 10.8 Å². The van der Waals surface area contributed by atoms with E-state index in [1.165, 1.54) is 25.7 Å². The quantitative estimate of drug-likeness (QED) is 0.689. The Morgan fingerprint density at radius 2 is 1.29 bits per heavy atom. The third-order valence-corrected chi connectivity index (χ3v) is 3.38. The molecule has 1 nitrogen and oxygen atoms in total. The van der Waals surface area contributed by atoms with Crippen molar-refractivity contribution in [3.8, 4) is 0 Å². The molecule has 1 heteroatoms. The molecule has 0 aromatic heterocycles. The topological polar surface area (TPSA) is 12.0 Å². The predicted molar refractivity (Wildman–Crippen MR) is 79.5 cm³/mol. The normalized spacial score (nSPS) is 16.9. The molecule has 0 aromatic carbocycles. The average Bonchev–Trinajstić information content (AvgIpc) is 2.11. The zero-order valence-electron chi connectivity index (χ0n) is 13.5. The lowest BCUT2D eigenvalue weighted by Gasteiger charge is -2.35. The van der Waals surface area contributed by atoms with Gasteiger partial charge >= 0.3 is 0 Å². The molecule has 0 rings (SSSR count). The highest BCUT2D eigenvalue weighted by Gasteiger charge is 2.27. The van der Waals surface area contributed by atoms with Gasteiger partial charge in [-0.05, 0) is 50.9 Å². The van der Waals surface area contributed by atoms with Crippen molar-refractivity contribution in [1.82, 2.24) is 5.32 Å². The second-order valence-corrected chi connectivity index (χ2v) is 8.22. The van der Waals surface area contributed by atoms with Crippen molar-refractivity contribution >= 4 is 0 Å². The molecule has 0 saturated heterocycles. The summed E-state index contributed by atoms with van der Waals surface area (Å²) in [6.45, 7) is 19.7. The van der Waals surface area contributed by atoms with E-state index in [0.717, 1.165) is 6.54 Å². The van der Waals surface area contributed by atoms with Gasteiger partial charge in [0, 0.05) is 12.1 Å². The molecule has 0 aliphatic carbocycles. The first-order valence-corrected chi connectivity index (χ1v) is 7.22. The van der Waals surface area contributed by atoms with Crippen molar-refractivity contribution in [3.63, 3.8) is 0 Å². The summed E-state index contributed by atoms with van der Waals surface area (Å²) in [6.07, 6.45) is 5.25. The fourth-order valence-electron chi connectivity index (χ4n) is 2.06. The van der Waals surface area contributed by atoms with E-state index in [2.05, 4.69) is 60.7 Å². The first-order valence-electron chi connectivity index (χ1n) is 7.22. The molecule has 0 amide bonds. The number of nitrogens with one attached hydrogen (secondary N) is 1. The van der Waals surface area contributed by atoms with Crippen LogP contribution in [0.25, 0.3) is 0 Å². The van der Waals surface area contributed by atoms with Gasteiger partial charge in [0.25, 0.3) is 0 Å². The lowest BCUT2D eigenvalue weighted by Crippen LogP contribution is -2.43. The molecule has 0 spiro atoms. The Labute approximate surface area is 110 Å². The van der Waals surface area contributed by atoms with Gasteiger partial charge in [0.1, 0.15) is 0 Å². The SMILES string of the molecule is CCCC(C)(CCC(C)(C)C)CNC(C)(C)C. The van der Waals surface area contributed by atoms with E-state index in [-0.39, 0.29) is 5.54 Å². The van der Waals surface area contributed by atoms with Crippen molar-refractivity contribution in [1.29, 1.82) is 0 Å². The summed E-state index contributed by atoms with van der Waals surface area (Å²) in [6, 6.07) is 0. The van der Waals surface area contributed by atoms with E-state index < -0.39 is 0 Å². The van der Waals surface area contributed by atoms with Crippen LogP contribution in [-0.4, -0.2) is 12.1 Å². The summed E-state index contributed by atoms with van der Waals surface area (Å²) < 4.78 is 0. The largest absolute Gasteiger partial charge is 0.312 e. The Balaban J connectivity index is 4.35. The van der Waals surface area contributed by atoms with Gasteiger partial charge in [0.05, 0.1) is 0 Å². The Hall–Kier alpha value is -0.0400. The first kappa shape index (κ1) is 17.0. The van der Waals surface area contributed by atoms with Crippen LogP contribution in [0, 0.1) is 10.8 Å². The fraction of sp³-hybridized carbons (Fsp3) is 1.00. The molecule has 1 atom stereocenters. The van der Waals surface area contributed by atoms with Gasteiger partial charge in [0.2, 0.25) is 0 Å². The number of hydrogen-bond acceptors (Lipinski definition) is 1. The highest BCUT2D eigenvalue weighted by molar-refractivity contribution is 4.82. The fourth-order valence-corrected chi connectivity index (χ4v) is 2.06. The Morgan fingerprint density at radius 3 is 1.65 bits per heavy atom. The molecule has 0 fully saturated rings. The summed E-state index contributed by atoms with van der Waals surface area (Å²) in [5, 5.41) is 3.68. The molecule has 0 heterocycles. The summed E-state index contributed by atoms with van der Waals surface area (Å²) in [5.74, 6) is 0. The molecule has 0 bridgehead atoms. The highest BCUT2D eigenvalue weighted by atomic mass is 15.0. The van der Waals surface area contributed by atoms with Crippen LogP contribution in [0.5, 0.6) is 0 Å². The molecular weight excluding hydrogens is 206 g/mol. The van der Waals surface area contributed by atoms with E-state index in [1.54, 1.807) is 0 Å². The molecule has 1 N–H and O–H groups in total. The standard InChI is InChI=1S/C16H35N/c1-9-10-16(8,12-11-14(2,3)4)13-17-15(5,6)7/h17H,9-13H2,1-8H3. The summed E-state index contributed by atoms with van der Waals surface area (Å²) in [7, 11) is 0. The van der Waals surface area contributed by atoms with E-state index in [4.69, 9.17) is 0 Å². The van der Waals surface area contributed by atoms with Crippen molar-refractivity contribution in [2.75, 3.05) is 6.54 Å². The van der Waals surface area contributed by atoms with Gasteiger partial charge in [-0.25, -0.2) is 0 Å². The van der Waals surface area contributed by atoms with E-state index in [1.807, 2.05) is 0 Å². The van der Waals surface area contributed by atoms with Gasteiger partial charge in [-0.15, -0.1) is 0 Å². The third-order valence-electron chi connectivity index (χ3n) is 3.38. The number of hydrogen-bond donors (Lipinski definition) is 1. The van der Waals surface area contributed by atoms with Crippen LogP contribution in [0.2, 0.25) is 0 Å². The van der Waals surface area contributed by atoms with Gasteiger partial charge in [-0.1, -0.05) is 41.0 Å². The molecule has 17 heavy (non-hydrogen) atoms. The van der Waals surface area contributed by atoms with E-state index in [9.17, 15) is 0 Å². The van der Waals surface area contributed by atoms with Gasteiger partial charge in [-0.3, -0.25) is 0 Å². The second kappa shape index (κ2) is 6.22. The van der Waals surface area contributed by atoms with Crippen molar-refractivity contribution in [3.05, 3.63) is 0 Å². The zero-order valence-corrected chi connectivity index (χ0v) is 13.5. The lowest BCUT2D eigenvalue weighted by molar-refractivity contribution is 0.193. The predicted octanol–water partition coefficient (Wildman–Crippen LogP) is 5.01. The highest BCUT2D eigenvalue weighted by Crippen LogP contribution is 2.34. The van der Waals surface area contributed by atoms with Gasteiger partial charge in [0.15, 0.2) is 0 Å². The van der Waals surface area contributed by atoms with Crippen LogP contribution in [0.3, 0.4) is 0 Å².